The maximum absolute atomic E-state index is 12.5. The van der Waals surface area contributed by atoms with Gasteiger partial charge in [-0.1, -0.05) is 25.1 Å². The highest BCUT2D eigenvalue weighted by atomic mass is 32.2. The molecule has 0 aliphatic rings. The lowest BCUT2D eigenvalue weighted by Crippen LogP contribution is -2.14. The van der Waals surface area contributed by atoms with Crippen molar-refractivity contribution in [1.82, 2.24) is 0 Å². The standard InChI is InChI=1S/C15H16N2O4S/c1-3-12-5-4-6-13(9-12)16-22(20,21)15-10-14(17(18)19)8-7-11(15)2/h4-10,16H,3H2,1-2H3. The maximum Gasteiger partial charge on any atom is 0.270 e. The number of benzene rings is 2. The Morgan fingerprint density at radius 1 is 1.18 bits per heavy atom. The molecule has 0 aromatic heterocycles. The molecule has 0 bridgehead atoms. The minimum Gasteiger partial charge on any atom is -0.280 e. The van der Waals surface area contributed by atoms with E-state index in [1.807, 2.05) is 13.0 Å². The van der Waals surface area contributed by atoms with Crippen LogP contribution in [0.4, 0.5) is 11.4 Å². The number of sulfonamides is 1. The van der Waals surface area contributed by atoms with Crippen molar-refractivity contribution in [2.75, 3.05) is 4.72 Å². The average Bonchev–Trinajstić information content (AvgIpc) is 2.47. The minimum atomic E-state index is -3.88. The minimum absolute atomic E-state index is 0.0939. The molecule has 116 valence electrons. The summed E-state index contributed by atoms with van der Waals surface area (Å²) in [6.07, 6.45) is 0.783. The van der Waals surface area contributed by atoms with Crippen LogP contribution < -0.4 is 4.72 Å². The fourth-order valence-electron chi connectivity index (χ4n) is 2.06. The van der Waals surface area contributed by atoms with Crippen molar-refractivity contribution < 1.29 is 13.3 Å². The van der Waals surface area contributed by atoms with E-state index in [9.17, 15) is 18.5 Å². The normalized spacial score (nSPS) is 11.2. The van der Waals surface area contributed by atoms with Crippen LogP contribution in [0.1, 0.15) is 18.1 Å². The third-order valence-electron chi connectivity index (χ3n) is 3.26. The molecule has 0 atom stereocenters. The van der Waals surface area contributed by atoms with Gasteiger partial charge in [0.2, 0.25) is 0 Å². The predicted octanol–water partition coefficient (Wildman–Crippen LogP) is 3.27. The lowest BCUT2D eigenvalue weighted by molar-refractivity contribution is -0.385. The molecule has 2 rings (SSSR count). The molecule has 1 N–H and O–H groups in total. The largest absolute Gasteiger partial charge is 0.280 e. The van der Waals surface area contributed by atoms with E-state index in [4.69, 9.17) is 0 Å². The number of non-ortho nitro benzene ring substituents is 1. The van der Waals surface area contributed by atoms with Gasteiger partial charge in [-0.2, -0.15) is 0 Å². The Kier molecular flexibility index (Phi) is 4.46. The third kappa shape index (κ3) is 3.43. The molecule has 0 amide bonds. The van der Waals surface area contributed by atoms with Crippen molar-refractivity contribution in [3.05, 3.63) is 63.7 Å². The van der Waals surface area contributed by atoms with Gasteiger partial charge in [-0.05, 0) is 36.6 Å². The predicted molar refractivity (Wildman–Crippen MR) is 84.5 cm³/mol. The second kappa shape index (κ2) is 6.15. The van der Waals surface area contributed by atoms with Crippen LogP contribution >= 0.6 is 0 Å². The molecule has 0 heterocycles. The van der Waals surface area contributed by atoms with Crippen molar-refractivity contribution in [3.8, 4) is 0 Å². The van der Waals surface area contributed by atoms with Crippen LogP contribution in [-0.4, -0.2) is 13.3 Å². The van der Waals surface area contributed by atoms with Crippen LogP contribution in [0.3, 0.4) is 0 Å². The lowest BCUT2D eigenvalue weighted by Gasteiger charge is -2.11. The molecule has 0 saturated carbocycles. The molecule has 0 aliphatic heterocycles. The maximum atomic E-state index is 12.5. The topological polar surface area (TPSA) is 89.3 Å². The van der Waals surface area contributed by atoms with E-state index in [0.717, 1.165) is 18.1 Å². The highest BCUT2D eigenvalue weighted by Crippen LogP contribution is 2.24. The number of rotatable bonds is 5. The van der Waals surface area contributed by atoms with Gasteiger partial charge in [0.1, 0.15) is 0 Å². The van der Waals surface area contributed by atoms with Gasteiger partial charge < -0.3 is 0 Å². The number of nitrogens with one attached hydrogen (secondary N) is 1. The van der Waals surface area contributed by atoms with E-state index in [0.29, 0.717) is 11.3 Å². The van der Waals surface area contributed by atoms with Crippen molar-refractivity contribution in [3.63, 3.8) is 0 Å². The van der Waals surface area contributed by atoms with E-state index in [1.54, 1.807) is 25.1 Å². The lowest BCUT2D eigenvalue weighted by atomic mass is 10.1. The van der Waals surface area contributed by atoms with Crippen LogP contribution in [0.25, 0.3) is 0 Å². The first-order valence-electron chi connectivity index (χ1n) is 6.70. The highest BCUT2D eigenvalue weighted by Gasteiger charge is 2.20. The summed E-state index contributed by atoms with van der Waals surface area (Å²) in [5.74, 6) is 0. The number of nitrogens with zero attached hydrogens (tertiary/aromatic N) is 1. The molecule has 0 radical (unpaired) electrons. The Morgan fingerprint density at radius 3 is 2.55 bits per heavy atom. The van der Waals surface area contributed by atoms with Gasteiger partial charge in [0, 0.05) is 17.8 Å². The highest BCUT2D eigenvalue weighted by molar-refractivity contribution is 7.92. The Labute approximate surface area is 129 Å². The summed E-state index contributed by atoms with van der Waals surface area (Å²) in [5, 5.41) is 10.8. The molecule has 0 aliphatic carbocycles. The van der Waals surface area contributed by atoms with Crippen LogP contribution in [0.15, 0.2) is 47.4 Å². The van der Waals surface area contributed by atoms with Crippen molar-refractivity contribution in [1.29, 1.82) is 0 Å². The first-order chi connectivity index (χ1) is 10.3. The van der Waals surface area contributed by atoms with Crippen LogP contribution in [0.5, 0.6) is 0 Å². The fraction of sp³-hybridized carbons (Fsp3) is 0.200. The van der Waals surface area contributed by atoms with Crippen LogP contribution in [0.2, 0.25) is 0 Å². The quantitative estimate of drug-likeness (QED) is 0.676. The van der Waals surface area contributed by atoms with Crippen LogP contribution in [-0.2, 0) is 16.4 Å². The second-order valence-corrected chi connectivity index (χ2v) is 6.52. The van der Waals surface area contributed by atoms with Gasteiger partial charge >= 0.3 is 0 Å². The van der Waals surface area contributed by atoms with E-state index in [2.05, 4.69) is 4.72 Å². The number of aryl methyl sites for hydroxylation is 2. The van der Waals surface area contributed by atoms with Gasteiger partial charge in [0.25, 0.3) is 15.7 Å². The van der Waals surface area contributed by atoms with Crippen molar-refractivity contribution in [2.24, 2.45) is 0 Å². The van der Waals surface area contributed by atoms with Crippen LogP contribution in [0, 0.1) is 17.0 Å². The monoisotopic (exact) mass is 320 g/mol. The first-order valence-corrected chi connectivity index (χ1v) is 8.18. The molecule has 2 aromatic rings. The van der Waals surface area contributed by atoms with Gasteiger partial charge in [-0.3, -0.25) is 14.8 Å². The first kappa shape index (κ1) is 16.0. The number of anilines is 1. The zero-order valence-electron chi connectivity index (χ0n) is 12.2. The summed E-state index contributed by atoms with van der Waals surface area (Å²) in [4.78, 5) is 10.1. The van der Waals surface area contributed by atoms with E-state index >= 15 is 0 Å². The molecule has 0 fully saturated rings. The summed E-state index contributed by atoms with van der Waals surface area (Å²) in [6, 6.07) is 10.8. The van der Waals surface area contributed by atoms with Gasteiger partial charge in [-0.25, -0.2) is 8.42 Å². The molecular weight excluding hydrogens is 304 g/mol. The summed E-state index contributed by atoms with van der Waals surface area (Å²) in [6.45, 7) is 3.57. The summed E-state index contributed by atoms with van der Waals surface area (Å²) in [5.41, 5.74) is 1.62. The van der Waals surface area contributed by atoms with E-state index in [-0.39, 0.29) is 10.6 Å². The molecule has 0 spiro atoms. The second-order valence-electron chi connectivity index (χ2n) is 4.87. The molecular formula is C15H16N2O4S. The molecule has 0 saturated heterocycles. The number of hydrogen-bond acceptors (Lipinski definition) is 4. The SMILES string of the molecule is CCc1cccc(NS(=O)(=O)c2cc([N+](=O)[O-])ccc2C)c1. The summed E-state index contributed by atoms with van der Waals surface area (Å²) >= 11 is 0. The van der Waals surface area contributed by atoms with Gasteiger partial charge in [0.05, 0.1) is 9.82 Å². The number of nitro groups is 1. The zero-order valence-corrected chi connectivity index (χ0v) is 13.1. The summed E-state index contributed by atoms with van der Waals surface area (Å²) in [7, 11) is -3.88. The Morgan fingerprint density at radius 2 is 1.91 bits per heavy atom. The smallest absolute Gasteiger partial charge is 0.270 e. The molecule has 2 aromatic carbocycles. The number of nitro benzene ring substituents is 1. The summed E-state index contributed by atoms with van der Waals surface area (Å²) < 4.78 is 27.4. The molecule has 22 heavy (non-hydrogen) atoms. The average molecular weight is 320 g/mol. The van der Waals surface area contributed by atoms with Crippen molar-refractivity contribution >= 4 is 21.4 Å². The third-order valence-corrected chi connectivity index (χ3v) is 4.78. The Balaban J connectivity index is 2.42. The Bertz CT molecular complexity index is 816. The Hall–Kier alpha value is -2.41. The number of hydrogen-bond donors (Lipinski definition) is 1. The zero-order chi connectivity index (χ0) is 16.3. The van der Waals surface area contributed by atoms with Gasteiger partial charge in [0.15, 0.2) is 0 Å². The molecule has 7 heteroatoms. The fourth-order valence-corrected chi connectivity index (χ4v) is 3.37. The van der Waals surface area contributed by atoms with E-state index < -0.39 is 14.9 Å². The molecule has 6 nitrogen and oxygen atoms in total. The van der Waals surface area contributed by atoms with E-state index in [1.165, 1.54) is 12.1 Å². The van der Waals surface area contributed by atoms with Gasteiger partial charge in [-0.15, -0.1) is 0 Å². The molecule has 0 unspecified atom stereocenters. The van der Waals surface area contributed by atoms with Crippen molar-refractivity contribution in [2.45, 2.75) is 25.2 Å².